The van der Waals surface area contributed by atoms with Gasteiger partial charge in [-0.1, -0.05) is 36.7 Å². The molecule has 0 amide bonds. The van der Waals surface area contributed by atoms with Gasteiger partial charge in [-0.05, 0) is 54.4 Å². The maximum absolute atomic E-state index is 9.55. The smallest absolute Gasteiger partial charge is 0.0541 e. The van der Waals surface area contributed by atoms with Crippen LogP contribution in [0.15, 0.2) is 16.6 Å². The summed E-state index contributed by atoms with van der Waals surface area (Å²) in [5.41, 5.74) is 9.54. The van der Waals surface area contributed by atoms with Gasteiger partial charge < -0.3 is 16.2 Å². The Kier molecular flexibility index (Phi) is 5.33. The Hall–Kier alpha value is -0.580. The molecule has 0 bridgehead atoms. The van der Waals surface area contributed by atoms with E-state index in [1.165, 1.54) is 5.56 Å². The van der Waals surface area contributed by atoms with Gasteiger partial charge in [0.25, 0.3) is 0 Å². The van der Waals surface area contributed by atoms with Gasteiger partial charge in [0.2, 0.25) is 0 Å². The highest BCUT2D eigenvalue weighted by molar-refractivity contribution is 9.10. The van der Waals surface area contributed by atoms with E-state index in [0.29, 0.717) is 6.04 Å². The van der Waals surface area contributed by atoms with Gasteiger partial charge in [-0.2, -0.15) is 0 Å². The van der Waals surface area contributed by atoms with Gasteiger partial charge >= 0.3 is 0 Å². The Morgan fingerprint density at radius 2 is 1.86 bits per heavy atom. The number of halogens is 1. The fourth-order valence-corrected chi connectivity index (χ4v) is 3.88. The third-order valence-corrected chi connectivity index (χ3v) is 4.97. The predicted molar refractivity (Wildman–Crippen MR) is 92.4 cm³/mol. The number of aliphatic hydroxyl groups is 1. The van der Waals surface area contributed by atoms with Crippen LogP contribution in [0, 0.1) is 0 Å². The van der Waals surface area contributed by atoms with E-state index < -0.39 is 0 Å². The molecule has 4 heteroatoms. The predicted octanol–water partition coefficient (Wildman–Crippen LogP) is 3.72. The molecule has 0 aliphatic heterocycles. The van der Waals surface area contributed by atoms with Gasteiger partial charge in [0.15, 0.2) is 0 Å². The SMILES string of the molecule is CC(C)(C)c1cc(N)c(CN[C@H]2CC[C@H](O)CC2)cc1Br. The van der Waals surface area contributed by atoms with Crippen LogP contribution in [0.5, 0.6) is 0 Å². The summed E-state index contributed by atoms with van der Waals surface area (Å²) in [6.07, 6.45) is 3.79. The Bertz CT molecular complexity index is 488. The lowest BCUT2D eigenvalue weighted by Crippen LogP contribution is -2.34. The Labute approximate surface area is 136 Å². The highest BCUT2D eigenvalue weighted by Gasteiger charge is 2.21. The van der Waals surface area contributed by atoms with Gasteiger partial charge in [-0.3, -0.25) is 0 Å². The minimum absolute atomic E-state index is 0.0818. The van der Waals surface area contributed by atoms with Crippen LogP contribution in [0.1, 0.15) is 57.6 Å². The summed E-state index contributed by atoms with van der Waals surface area (Å²) in [5.74, 6) is 0. The van der Waals surface area contributed by atoms with Crippen LogP contribution in [0.3, 0.4) is 0 Å². The molecular weight excluding hydrogens is 328 g/mol. The molecule has 1 aromatic rings. The lowest BCUT2D eigenvalue weighted by Gasteiger charge is -2.27. The van der Waals surface area contributed by atoms with E-state index in [-0.39, 0.29) is 11.5 Å². The zero-order valence-corrected chi connectivity index (χ0v) is 14.8. The first-order valence-corrected chi connectivity index (χ1v) is 8.56. The second kappa shape index (κ2) is 6.67. The standard InChI is InChI=1S/C17H27BrN2O/c1-17(2,3)14-9-16(19)11(8-15(14)18)10-20-12-4-6-13(21)7-5-12/h8-9,12-13,20-21H,4-7,10,19H2,1-3H3/t12-,13-. The molecule has 0 atom stereocenters. The van der Waals surface area contributed by atoms with Gasteiger partial charge in [-0.25, -0.2) is 0 Å². The van der Waals surface area contributed by atoms with E-state index >= 15 is 0 Å². The van der Waals surface area contributed by atoms with E-state index in [1.807, 2.05) is 0 Å². The minimum Gasteiger partial charge on any atom is -0.398 e. The average Bonchev–Trinajstić information content (AvgIpc) is 2.40. The van der Waals surface area contributed by atoms with Crippen LogP contribution in [0.2, 0.25) is 0 Å². The van der Waals surface area contributed by atoms with Gasteiger partial charge in [0, 0.05) is 22.7 Å². The number of nitrogen functional groups attached to an aromatic ring is 1. The van der Waals surface area contributed by atoms with Gasteiger partial charge in [0.1, 0.15) is 0 Å². The van der Waals surface area contributed by atoms with Crippen LogP contribution in [-0.2, 0) is 12.0 Å². The molecule has 1 aromatic carbocycles. The molecule has 21 heavy (non-hydrogen) atoms. The third-order valence-electron chi connectivity index (χ3n) is 4.31. The number of benzene rings is 1. The quantitative estimate of drug-likeness (QED) is 0.725. The summed E-state index contributed by atoms with van der Waals surface area (Å²) in [6, 6.07) is 4.72. The summed E-state index contributed by atoms with van der Waals surface area (Å²) >= 11 is 3.67. The molecule has 118 valence electrons. The topological polar surface area (TPSA) is 58.3 Å². The molecule has 0 aromatic heterocycles. The number of nitrogens with two attached hydrogens (primary N) is 1. The second-order valence-electron chi connectivity index (χ2n) is 7.17. The molecule has 1 saturated carbocycles. The summed E-state index contributed by atoms with van der Waals surface area (Å²) in [4.78, 5) is 0. The molecule has 0 heterocycles. The highest BCUT2D eigenvalue weighted by atomic mass is 79.9. The van der Waals surface area contributed by atoms with Crippen molar-refractivity contribution in [3.8, 4) is 0 Å². The second-order valence-corrected chi connectivity index (χ2v) is 8.02. The van der Waals surface area contributed by atoms with Crippen molar-refractivity contribution in [2.75, 3.05) is 5.73 Å². The van der Waals surface area contributed by atoms with E-state index in [2.05, 4.69) is 54.2 Å². The lowest BCUT2D eigenvalue weighted by atomic mass is 9.86. The largest absolute Gasteiger partial charge is 0.398 e. The molecule has 2 rings (SSSR count). The van der Waals surface area contributed by atoms with Crippen molar-refractivity contribution < 1.29 is 5.11 Å². The fraction of sp³-hybridized carbons (Fsp3) is 0.647. The van der Waals surface area contributed by atoms with Crippen LogP contribution >= 0.6 is 15.9 Å². The highest BCUT2D eigenvalue weighted by Crippen LogP contribution is 2.33. The van der Waals surface area contributed by atoms with Crippen LogP contribution in [0.4, 0.5) is 5.69 Å². The summed E-state index contributed by atoms with van der Waals surface area (Å²) < 4.78 is 1.13. The first kappa shape index (κ1) is 16.8. The van der Waals surface area contributed by atoms with Crippen LogP contribution in [0.25, 0.3) is 0 Å². The number of aliphatic hydroxyl groups excluding tert-OH is 1. The monoisotopic (exact) mass is 354 g/mol. The Morgan fingerprint density at radius 1 is 1.24 bits per heavy atom. The zero-order valence-electron chi connectivity index (χ0n) is 13.2. The number of rotatable bonds is 3. The number of hydrogen-bond donors (Lipinski definition) is 3. The normalized spacial score (nSPS) is 23.3. The molecule has 0 saturated heterocycles. The third kappa shape index (κ3) is 4.44. The molecule has 0 unspecified atom stereocenters. The summed E-state index contributed by atoms with van der Waals surface area (Å²) in [7, 11) is 0. The van der Waals surface area contributed by atoms with E-state index in [9.17, 15) is 5.11 Å². The maximum Gasteiger partial charge on any atom is 0.0541 e. The van der Waals surface area contributed by atoms with E-state index in [4.69, 9.17) is 5.73 Å². The Morgan fingerprint density at radius 3 is 2.43 bits per heavy atom. The Balaban J connectivity index is 2.02. The van der Waals surface area contributed by atoms with Crippen molar-refractivity contribution in [3.63, 3.8) is 0 Å². The number of anilines is 1. The molecule has 0 radical (unpaired) electrons. The summed E-state index contributed by atoms with van der Waals surface area (Å²) in [6.45, 7) is 7.36. The molecule has 1 fully saturated rings. The zero-order chi connectivity index (χ0) is 15.6. The summed E-state index contributed by atoms with van der Waals surface area (Å²) in [5, 5.41) is 13.1. The van der Waals surface area contributed by atoms with Crippen molar-refractivity contribution in [2.45, 2.75) is 70.6 Å². The number of nitrogens with one attached hydrogen (secondary N) is 1. The average molecular weight is 355 g/mol. The van der Waals surface area contributed by atoms with Gasteiger partial charge in [0.05, 0.1) is 6.10 Å². The minimum atomic E-state index is -0.103. The van der Waals surface area contributed by atoms with Crippen LogP contribution in [-0.4, -0.2) is 17.3 Å². The van der Waals surface area contributed by atoms with Crippen molar-refractivity contribution in [1.82, 2.24) is 5.32 Å². The first-order chi connectivity index (χ1) is 9.77. The van der Waals surface area contributed by atoms with E-state index in [0.717, 1.165) is 48.0 Å². The van der Waals surface area contributed by atoms with Crippen molar-refractivity contribution in [2.24, 2.45) is 0 Å². The van der Waals surface area contributed by atoms with Crippen molar-refractivity contribution >= 4 is 21.6 Å². The lowest BCUT2D eigenvalue weighted by molar-refractivity contribution is 0.116. The van der Waals surface area contributed by atoms with Crippen molar-refractivity contribution in [1.29, 1.82) is 0 Å². The molecule has 3 nitrogen and oxygen atoms in total. The van der Waals surface area contributed by atoms with E-state index in [1.54, 1.807) is 0 Å². The molecular formula is C17H27BrN2O. The molecule has 4 N–H and O–H groups in total. The maximum atomic E-state index is 9.55. The molecule has 1 aliphatic carbocycles. The fourth-order valence-electron chi connectivity index (χ4n) is 2.89. The van der Waals surface area contributed by atoms with Gasteiger partial charge in [-0.15, -0.1) is 0 Å². The van der Waals surface area contributed by atoms with Crippen molar-refractivity contribution in [3.05, 3.63) is 27.7 Å². The molecule has 0 spiro atoms. The first-order valence-electron chi connectivity index (χ1n) is 7.77. The molecule has 1 aliphatic rings. The van der Waals surface area contributed by atoms with Crippen LogP contribution < -0.4 is 11.1 Å². The number of hydrogen-bond acceptors (Lipinski definition) is 3.